The molecule has 1 amide bonds. The molecule has 4 atom stereocenters. The summed E-state index contributed by atoms with van der Waals surface area (Å²) in [4.78, 5) is 12.1. The standard InChI is InChI=1S/C14H27NO3/c1-3-5-11-6-4-7-12(8-11)14(18)15-13(9-16)10(2)17/h10-13,16-17H,3-9H2,1-2H3,(H,15,18)/t10-,11?,12?,13-/m1/s1. The molecule has 106 valence electrons. The van der Waals surface area contributed by atoms with Crippen molar-refractivity contribution < 1.29 is 15.0 Å². The number of amides is 1. The molecule has 1 fully saturated rings. The Kier molecular flexibility index (Phi) is 6.65. The largest absolute Gasteiger partial charge is 0.394 e. The van der Waals surface area contributed by atoms with Gasteiger partial charge in [0.2, 0.25) is 5.91 Å². The molecule has 1 aliphatic carbocycles. The van der Waals surface area contributed by atoms with Crippen LogP contribution in [0.15, 0.2) is 0 Å². The lowest BCUT2D eigenvalue weighted by atomic mass is 9.79. The number of hydrogen-bond donors (Lipinski definition) is 3. The van der Waals surface area contributed by atoms with Crippen LogP contribution in [-0.2, 0) is 4.79 Å². The summed E-state index contributed by atoms with van der Waals surface area (Å²) in [6.07, 6.45) is 5.89. The molecule has 0 heterocycles. The lowest BCUT2D eigenvalue weighted by Gasteiger charge is -2.30. The zero-order valence-electron chi connectivity index (χ0n) is 11.6. The fourth-order valence-corrected chi connectivity index (χ4v) is 2.82. The van der Waals surface area contributed by atoms with Crippen molar-refractivity contribution in [3.8, 4) is 0 Å². The SMILES string of the molecule is CCCC1CCCC(C(=O)N[C@H](CO)[C@@H](C)O)C1. The van der Waals surface area contributed by atoms with Gasteiger partial charge in [-0.2, -0.15) is 0 Å². The molecule has 0 aromatic carbocycles. The Labute approximate surface area is 110 Å². The second-order valence-electron chi connectivity index (χ2n) is 5.56. The minimum atomic E-state index is -0.714. The summed E-state index contributed by atoms with van der Waals surface area (Å²) in [6.45, 7) is 3.55. The van der Waals surface area contributed by atoms with Gasteiger partial charge in [-0.15, -0.1) is 0 Å². The average Bonchev–Trinajstić information content (AvgIpc) is 2.36. The summed E-state index contributed by atoms with van der Waals surface area (Å²) < 4.78 is 0. The number of nitrogens with one attached hydrogen (secondary N) is 1. The highest BCUT2D eigenvalue weighted by Crippen LogP contribution is 2.32. The van der Waals surface area contributed by atoms with Gasteiger partial charge in [-0.25, -0.2) is 0 Å². The molecule has 2 unspecified atom stereocenters. The summed E-state index contributed by atoms with van der Waals surface area (Å²) >= 11 is 0. The van der Waals surface area contributed by atoms with Crippen molar-refractivity contribution in [3.05, 3.63) is 0 Å². The lowest BCUT2D eigenvalue weighted by molar-refractivity contribution is -0.128. The fourth-order valence-electron chi connectivity index (χ4n) is 2.82. The number of carbonyl (C=O) groups excluding carboxylic acids is 1. The number of aliphatic hydroxyl groups is 2. The van der Waals surface area contributed by atoms with Gasteiger partial charge >= 0.3 is 0 Å². The van der Waals surface area contributed by atoms with Crippen LogP contribution in [0.1, 0.15) is 52.4 Å². The maximum Gasteiger partial charge on any atom is 0.223 e. The van der Waals surface area contributed by atoms with Gasteiger partial charge in [-0.05, 0) is 25.7 Å². The average molecular weight is 257 g/mol. The maximum absolute atomic E-state index is 12.1. The van der Waals surface area contributed by atoms with E-state index >= 15 is 0 Å². The lowest BCUT2D eigenvalue weighted by Crippen LogP contribution is -2.47. The Hall–Kier alpha value is -0.610. The van der Waals surface area contributed by atoms with Crippen LogP contribution in [0.5, 0.6) is 0 Å². The maximum atomic E-state index is 12.1. The number of carbonyl (C=O) groups is 1. The monoisotopic (exact) mass is 257 g/mol. The molecule has 18 heavy (non-hydrogen) atoms. The van der Waals surface area contributed by atoms with E-state index in [1.807, 2.05) is 0 Å². The predicted octanol–water partition coefficient (Wildman–Crippen LogP) is 1.45. The van der Waals surface area contributed by atoms with E-state index in [1.54, 1.807) is 6.92 Å². The molecular weight excluding hydrogens is 230 g/mol. The third-order valence-corrected chi connectivity index (χ3v) is 3.96. The molecule has 0 bridgehead atoms. The molecule has 1 rings (SSSR count). The van der Waals surface area contributed by atoms with Gasteiger partial charge in [-0.1, -0.05) is 32.6 Å². The van der Waals surface area contributed by atoms with Crippen molar-refractivity contribution >= 4 is 5.91 Å². The van der Waals surface area contributed by atoms with E-state index in [1.165, 1.54) is 19.3 Å². The molecule has 0 aromatic heterocycles. The van der Waals surface area contributed by atoms with E-state index in [0.29, 0.717) is 5.92 Å². The molecule has 1 aliphatic rings. The highest BCUT2D eigenvalue weighted by Gasteiger charge is 2.28. The van der Waals surface area contributed by atoms with Gasteiger partial charge in [0, 0.05) is 5.92 Å². The van der Waals surface area contributed by atoms with Crippen LogP contribution in [0, 0.1) is 11.8 Å². The summed E-state index contributed by atoms with van der Waals surface area (Å²) in [5.41, 5.74) is 0. The Bertz CT molecular complexity index is 253. The van der Waals surface area contributed by atoms with E-state index in [4.69, 9.17) is 5.11 Å². The van der Waals surface area contributed by atoms with Crippen molar-refractivity contribution in [2.45, 2.75) is 64.5 Å². The van der Waals surface area contributed by atoms with Crippen molar-refractivity contribution in [2.75, 3.05) is 6.61 Å². The third kappa shape index (κ3) is 4.58. The predicted molar refractivity (Wildman–Crippen MR) is 71.1 cm³/mol. The molecule has 0 spiro atoms. The summed E-state index contributed by atoms with van der Waals surface area (Å²) in [6, 6.07) is -0.538. The van der Waals surface area contributed by atoms with Gasteiger partial charge in [0.05, 0.1) is 18.8 Å². The highest BCUT2D eigenvalue weighted by molar-refractivity contribution is 5.79. The van der Waals surface area contributed by atoms with Crippen LogP contribution in [0.2, 0.25) is 0 Å². The second-order valence-corrected chi connectivity index (χ2v) is 5.56. The Morgan fingerprint density at radius 3 is 2.72 bits per heavy atom. The Morgan fingerprint density at radius 2 is 2.17 bits per heavy atom. The summed E-state index contributed by atoms with van der Waals surface area (Å²) in [5.74, 6) is 0.720. The first-order chi connectivity index (χ1) is 8.58. The smallest absolute Gasteiger partial charge is 0.223 e. The molecule has 0 aliphatic heterocycles. The van der Waals surface area contributed by atoms with Crippen LogP contribution in [-0.4, -0.2) is 34.9 Å². The topological polar surface area (TPSA) is 69.6 Å². The van der Waals surface area contributed by atoms with Gasteiger partial charge < -0.3 is 15.5 Å². The second kappa shape index (κ2) is 7.74. The molecule has 3 N–H and O–H groups in total. The first-order valence-corrected chi connectivity index (χ1v) is 7.17. The number of aliphatic hydroxyl groups excluding tert-OH is 2. The van der Waals surface area contributed by atoms with Crippen LogP contribution >= 0.6 is 0 Å². The van der Waals surface area contributed by atoms with Crippen molar-refractivity contribution in [1.29, 1.82) is 0 Å². The number of rotatable bonds is 6. The van der Waals surface area contributed by atoms with Crippen LogP contribution in [0.3, 0.4) is 0 Å². The molecule has 4 nitrogen and oxygen atoms in total. The Balaban J connectivity index is 2.45. The minimum absolute atomic E-state index is 0.00393. The molecule has 0 aromatic rings. The molecule has 4 heteroatoms. The molecule has 0 saturated heterocycles. The van der Waals surface area contributed by atoms with Crippen molar-refractivity contribution in [1.82, 2.24) is 5.32 Å². The minimum Gasteiger partial charge on any atom is -0.394 e. The molecule has 0 radical (unpaired) electrons. The number of hydrogen-bond acceptors (Lipinski definition) is 3. The van der Waals surface area contributed by atoms with Gasteiger partial charge in [0.15, 0.2) is 0 Å². The van der Waals surface area contributed by atoms with Crippen LogP contribution in [0.25, 0.3) is 0 Å². The molecular formula is C14H27NO3. The zero-order valence-corrected chi connectivity index (χ0v) is 11.6. The van der Waals surface area contributed by atoms with Crippen molar-refractivity contribution in [3.63, 3.8) is 0 Å². The van der Waals surface area contributed by atoms with Gasteiger partial charge in [0.1, 0.15) is 0 Å². The van der Waals surface area contributed by atoms with Crippen LogP contribution < -0.4 is 5.32 Å². The van der Waals surface area contributed by atoms with E-state index in [9.17, 15) is 9.90 Å². The van der Waals surface area contributed by atoms with Gasteiger partial charge in [0.25, 0.3) is 0 Å². The molecule has 1 saturated carbocycles. The first-order valence-electron chi connectivity index (χ1n) is 7.17. The summed E-state index contributed by atoms with van der Waals surface area (Å²) in [7, 11) is 0. The normalized spacial score (nSPS) is 27.6. The zero-order chi connectivity index (χ0) is 13.5. The van der Waals surface area contributed by atoms with Gasteiger partial charge in [-0.3, -0.25) is 4.79 Å². The van der Waals surface area contributed by atoms with E-state index in [-0.39, 0.29) is 18.4 Å². The fraction of sp³-hybridized carbons (Fsp3) is 0.929. The first kappa shape index (κ1) is 15.4. The summed E-state index contributed by atoms with van der Waals surface area (Å²) in [5, 5.41) is 21.3. The van der Waals surface area contributed by atoms with Crippen molar-refractivity contribution in [2.24, 2.45) is 11.8 Å². The highest BCUT2D eigenvalue weighted by atomic mass is 16.3. The van der Waals surface area contributed by atoms with E-state index < -0.39 is 12.1 Å². The third-order valence-electron chi connectivity index (χ3n) is 3.96. The Morgan fingerprint density at radius 1 is 1.44 bits per heavy atom. The van der Waals surface area contributed by atoms with Crippen LogP contribution in [0.4, 0.5) is 0 Å². The van der Waals surface area contributed by atoms with E-state index in [2.05, 4.69) is 12.2 Å². The quantitative estimate of drug-likeness (QED) is 0.674. The van der Waals surface area contributed by atoms with E-state index in [0.717, 1.165) is 19.3 Å².